The molecule has 17 heavy (non-hydrogen) atoms. The largest absolute Gasteiger partial charge is 0.326 e. The van der Waals surface area contributed by atoms with E-state index in [-0.39, 0.29) is 5.91 Å². The molecule has 1 amide bonds. The Labute approximate surface area is 102 Å². The van der Waals surface area contributed by atoms with Gasteiger partial charge in [0.15, 0.2) is 0 Å². The van der Waals surface area contributed by atoms with Gasteiger partial charge in [-0.3, -0.25) is 9.69 Å². The summed E-state index contributed by atoms with van der Waals surface area (Å²) in [5.41, 5.74) is 7.42. The van der Waals surface area contributed by atoms with Crippen LogP contribution in [0.15, 0.2) is 24.3 Å². The van der Waals surface area contributed by atoms with Gasteiger partial charge in [-0.2, -0.15) is 0 Å². The number of hydrogen-bond donors (Lipinski definition) is 2. The molecule has 0 saturated carbocycles. The van der Waals surface area contributed by atoms with Crippen LogP contribution in [0, 0.1) is 0 Å². The molecule has 1 aliphatic rings. The van der Waals surface area contributed by atoms with Crippen LogP contribution in [0.3, 0.4) is 0 Å². The highest BCUT2D eigenvalue weighted by Gasteiger charge is 2.14. The third-order valence-corrected chi connectivity index (χ3v) is 3.01. The van der Waals surface area contributed by atoms with Crippen molar-refractivity contribution >= 4 is 11.6 Å². The van der Waals surface area contributed by atoms with Gasteiger partial charge < -0.3 is 11.1 Å². The third-order valence-electron chi connectivity index (χ3n) is 3.01. The molecule has 1 fully saturated rings. The van der Waals surface area contributed by atoms with Crippen LogP contribution in [0.1, 0.15) is 18.4 Å². The Morgan fingerprint density at radius 3 is 2.82 bits per heavy atom. The SMILES string of the molecule is NCc1cccc(NC(=O)CN2CCCC2)c1. The monoisotopic (exact) mass is 233 g/mol. The van der Waals surface area contributed by atoms with Crippen molar-refractivity contribution in [1.82, 2.24) is 4.90 Å². The molecular weight excluding hydrogens is 214 g/mol. The topological polar surface area (TPSA) is 58.4 Å². The van der Waals surface area contributed by atoms with E-state index in [1.54, 1.807) is 0 Å². The van der Waals surface area contributed by atoms with E-state index in [1.165, 1.54) is 12.8 Å². The number of carbonyl (C=O) groups is 1. The molecule has 0 bridgehead atoms. The molecule has 4 heteroatoms. The van der Waals surface area contributed by atoms with E-state index in [0.717, 1.165) is 24.3 Å². The first-order valence-corrected chi connectivity index (χ1v) is 6.09. The van der Waals surface area contributed by atoms with Crippen LogP contribution in [0.4, 0.5) is 5.69 Å². The maximum absolute atomic E-state index is 11.8. The minimum atomic E-state index is 0.0565. The van der Waals surface area contributed by atoms with Gasteiger partial charge in [-0.15, -0.1) is 0 Å². The molecule has 0 unspecified atom stereocenters. The molecule has 2 rings (SSSR count). The van der Waals surface area contributed by atoms with Crippen LogP contribution in [0.25, 0.3) is 0 Å². The average molecular weight is 233 g/mol. The summed E-state index contributed by atoms with van der Waals surface area (Å²) in [5, 5.41) is 2.91. The highest BCUT2D eigenvalue weighted by molar-refractivity contribution is 5.92. The fourth-order valence-corrected chi connectivity index (χ4v) is 2.12. The van der Waals surface area contributed by atoms with Crippen LogP contribution in [0.2, 0.25) is 0 Å². The number of nitrogens with one attached hydrogen (secondary N) is 1. The highest BCUT2D eigenvalue weighted by Crippen LogP contribution is 2.11. The summed E-state index contributed by atoms with van der Waals surface area (Å²) in [6.07, 6.45) is 2.41. The van der Waals surface area contributed by atoms with Crippen molar-refractivity contribution in [2.24, 2.45) is 5.73 Å². The molecule has 1 saturated heterocycles. The van der Waals surface area contributed by atoms with Crippen LogP contribution in [-0.4, -0.2) is 30.4 Å². The van der Waals surface area contributed by atoms with Crippen molar-refractivity contribution in [3.05, 3.63) is 29.8 Å². The second kappa shape index (κ2) is 5.80. The zero-order chi connectivity index (χ0) is 12.1. The van der Waals surface area contributed by atoms with E-state index in [2.05, 4.69) is 10.2 Å². The second-order valence-corrected chi connectivity index (χ2v) is 4.44. The number of carbonyl (C=O) groups excluding carboxylic acids is 1. The molecule has 0 spiro atoms. The van der Waals surface area contributed by atoms with Gasteiger partial charge in [-0.25, -0.2) is 0 Å². The van der Waals surface area contributed by atoms with Crippen LogP contribution >= 0.6 is 0 Å². The van der Waals surface area contributed by atoms with Gasteiger partial charge in [0.1, 0.15) is 0 Å². The first kappa shape index (κ1) is 12.1. The molecule has 3 N–H and O–H groups in total. The molecule has 0 aromatic heterocycles. The minimum absolute atomic E-state index is 0.0565. The van der Waals surface area contributed by atoms with Gasteiger partial charge >= 0.3 is 0 Å². The first-order chi connectivity index (χ1) is 8.28. The smallest absolute Gasteiger partial charge is 0.238 e. The summed E-state index contributed by atoms with van der Waals surface area (Å²) in [4.78, 5) is 14.0. The van der Waals surface area contributed by atoms with Crippen LogP contribution in [-0.2, 0) is 11.3 Å². The van der Waals surface area contributed by atoms with Gasteiger partial charge in [0.25, 0.3) is 0 Å². The molecule has 0 radical (unpaired) electrons. The maximum atomic E-state index is 11.8. The Bertz CT molecular complexity index is 386. The Hall–Kier alpha value is -1.39. The summed E-state index contributed by atoms with van der Waals surface area (Å²) in [5.74, 6) is 0.0565. The Morgan fingerprint density at radius 2 is 2.12 bits per heavy atom. The number of rotatable bonds is 4. The van der Waals surface area contributed by atoms with E-state index in [9.17, 15) is 4.79 Å². The Kier molecular flexibility index (Phi) is 4.12. The summed E-state index contributed by atoms with van der Waals surface area (Å²) >= 11 is 0. The summed E-state index contributed by atoms with van der Waals surface area (Å²) in [6, 6.07) is 7.67. The first-order valence-electron chi connectivity index (χ1n) is 6.09. The molecule has 0 atom stereocenters. The number of anilines is 1. The fraction of sp³-hybridized carbons (Fsp3) is 0.462. The molecule has 0 aliphatic carbocycles. The Morgan fingerprint density at radius 1 is 1.35 bits per heavy atom. The lowest BCUT2D eigenvalue weighted by Crippen LogP contribution is -2.30. The molecule has 92 valence electrons. The number of nitrogens with two attached hydrogens (primary N) is 1. The quantitative estimate of drug-likeness (QED) is 0.821. The lowest BCUT2D eigenvalue weighted by atomic mass is 10.2. The maximum Gasteiger partial charge on any atom is 0.238 e. The second-order valence-electron chi connectivity index (χ2n) is 4.44. The summed E-state index contributed by atoms with van der Waals surface area (Å²) < 4.78 is 0. The van der Waals surface area contributed by atoms with Crippen molar-refractivity contribution in [2.45, 2.75) is 19.4 Å². The van der Waals surface area contributed by atoms with Crippen LogP contribution < -0.4 is 11.1 Å². The van der Waals surface area contributed by atoms with E-state index in [4.69, 9.17) is 5.73 Å². The summed E-state index contributed by atoms with van der Waals surface area (Å²) in [7, 11) is 0. The minimum Gasteiger partial charge on any atom is -0.326 e. The number of amides is 1. The van der Waals surface area contributed by atoms with Gasteiger partial charge in [0.05, 0.1) is 6.54 Å². The molecule has 1 aliphatic heterocycles. The van der Waals surface area contributed by atoms with E-state index in [1.807, 2.05) is 24.3 Å². The predicted molar refractivity (Wildman–Crippen MR) is 68.6 cm³/mol. The van der Waals surface area contributed by atoms with Crippen LogP contribution in [0.5, 0.6) is 0 Å². The van der Waals surface area contributed by atoms with Gasteiger partial charge in [0, 0.05) is 12.2 Å². The van der Waals surface area contributed by atoms with Crippen molar-refractivity contribution in [2.75, 3.05) is 25.0 Å². The number of nitrogens with zero attached hydrogens (tertiary/aromatic N) is 1. The summed E-state index contributed by atoms with van der Waals surface area (Å²) in [6.45, 7) is 3.06. The van der Waals surface area contributed by atoms with Gasteiger partial charge in [0.2, 0.25) is 5.91 Å². The zero-order valence-corrected chi connectivity index (χ0v) is 9.98. The Balaban J connectivity index is 1.88. The molecule has 1 heterocycles. The lowest BCUT2D eigenvalue weighted by molar-refractivity contribution is -0.117. The van der Waals surface area contributed by atoms with E-state index in [0.29, 0.717) is 13.1 Å². The molecule has 1 aromatic rings. The van der Waals surface area contributed by atoms with Crippen molar-refractivity contribution in [3.8, 4) is 0 Å². The molecular formula is C13H19N3O. The third kappa shape index (κ3) is 3.54. The van der Waals surface area contributed by atoms with Crippen molar-refractivity contribution in [1.29, 1.82) is 0 Å². The molecule has 1 aromatic carbocycles. The van der Waals surface area contributed by atoms with Crippen molar-refractivity contribution in [3.63, 3.8) is 0 Å². The normalized spacial score (nSPS) is 16.1. The number of likely N-dealkylation sites (tertiary alicyclic amines) is 1. The van der Waals surface area contributed by atoms with E-state index < -0.39 is 0 Å². The van der Waals surface area contributed by atoms with Gasteiger partial charge in [-0.05, 0) is 43.6 Å². The van der Waals surface area contributed by atoms with Crippen molar-refractivity contribution < 1.29 is 4.79 Å². The molecule has 4 nitrogen and oxygen atoms in total. The predicted octanol–water partition coefficient (Wildman–Crippen LogP) is 1.18. The highest BCUT2D eigenvalue weighted by atomic mass is 16.2. The van der Waals surface area contributed by atoms with E-state index >= 15 is 0 Å². The standard InChI is InChI=1S/C13H19N3O/c14-9-11-4-3-5-12(8-11)15-13(17)10-16-6-1-2-7-16/h3-5,8H,1-2,6-7,9-10,14H2,(H,15,17). The lowest BCUT2D eigenvalue weighted by Gasteiger charge is -2.14. The number of benzene rings is 1. The average Bonchev–Trinajstić information content (AvgIpc) is 2.82. The van der Waals surface area contributed by atoms with Gasteiger partial charge in [-0.1, -0.05) is 12.1 Å². The number of hydrogen-bond acceptors (Lipinski definition) is 3. The fourth-order valence-electron chi connectivity index (χ4n) is 2.12. The zero-order valence-electron chi connectivity index (χ0n) is 9.98.